The number of hydrogen-bond acceptors (Lipinski definition) is 3. The predicted molar refractivity (Wildman–Crippen MR) is 99.1 cm³/mol. The van der Waals surface area contributed by atoms with Crippen molar-refractivity contribution in [1.82, 2.24) is 4.98 Å². The first-order valence-corrected chi connectivity index (χ1v) is 7.61. The van der Waals surface area contributed by atoms with E-state index in [1.165, 1.54) is 6.08 Å². The molecule has 0 spiro atoms. The average Bonchev–Trinajstić information content (AvgIpc) is 2.59. The summed E-state index contributed by atoms with van der Waals surface area (Å²) in [7, 11) is 0. The molecule has 0 aliphatic heterocycles. The summed E-state index contributed by atoms with van der Waals surface area (Å²) in [6, 6.07) is 15.7. The van der Waals surface area contributed by atoms with E-state index >= 15 is 0 Å². The highest BCUT2D eigenvalue weighted by molar-refractivity contribution is 6.03. The first-order chi connectivity index (χ1) is 12.1. The molecule has 0 saturated heterocycles. The van der Waals surface area contributed by atoms with Crippen LogP contribution < -0.4 is 16.4 Å². The van der Waals surface area contributed by atoms with E-state index < -0.39 is 6.03 Å². The number of nitrogens with one attached hydrogen (secondary N) is 2. The first kappa shape index (κ1) is 16.2. The number of primary amides is 1. The van der Waals surface area contributed by atoms with Gasteiger partial charge in [0, 0.05) is 34.6 Å². The van der Waals surface area contributed by atoms with Crippen molar-refractivity contribution in [3.63, 3.8) is 0 Å². The van der Waals surface area contributed by atoms with Gasteiger partial charge in [-0.1, -0.05) is 30.3 Å². The summed E-state index contributed by atoms with van der Waals surface area (Å²) in [5.41, 5.74) is 7.83. The van der Waals surface area contributed by atoms with Crippen molar-refractivity contribution in [2.45, 2.75) is 0 Å². The molecule has 6 heteroatoms. The molecule has 3 amide bonds. The van der Waals surface area contributed by atoms with Gasteiger partial charge in [0.05, 0.1) is 5.52 Å². The molecule has 4 N–H and O–H groups in total. The zero-order valence-corrected chi connectivity index (χ0v) is 13.3. The van der Waals surface area contributed by atoms with Crippen molar-refractivity contribution in [2.24, 2.45) is 5.73 Å². The number of para-hydroxylation sites is 1. The molecule has 0 radical (unpaired) electrons. The van der Waals surface area contributed by atoms with Gasteiger partial charge in [-0.05, 0) is 30.3 Å². The van der Waals surface area contributed by atoms with E-state index in [0.717, 1.165) is 16.5 Å². The summed E-state index contributed by atoms with van der Waals surface area (Å²) < 4.78 is 0. The smallest absolute Gasteiger partial charge is 0.316 e. The Morgan fingerprint density at radius 2 is 1.68 bits per heavy atom. The van der Waals surface area contributed by atoms with E-state index in [-0.39, 0.29) is 5.91 Å². The van der Waals surface area contributed by atoms with Crippen molar-refractivity contribution in [3.05, 3.63) is 72.4 Å². The number of rotatable bonds is 4. The lowest BCUT2D eigenvalue weighted by Crippen LogP contribution is -2.19. The number of fused-ring (bicyclic) bond motifs is 1. The lowest BCUT2D eigenvalue weighted by molar-refractivity contribution is -0.111. The van der Waals surface area contributed by atoms with E-state index in [0.29, 0.717) is 11.4 Å². The minimum absolute atomic E-state index is 0.288. The monoisotopic (exact) mass is 332 g/mol. The quantitative estimate of drug-likeness (QED) is 0.639. The Morgan fingerprint density at radius 3 is 2.48 bits per heavy atom. The topological polar surface area (TPSA) is 97.1 Å². The van der Waals surface area contributed by atoms with Crippen LogP contribution in [0.3, 0.4) is 0 Å². The Balaban J connectivity index is 1.74. The minimum atomic E-state index is -0.660. The molecule has 1 aromatic heterocycles. The number of nitrogens with zero attached hydrogens (tertiary/aromatic N) is 1. The van der Waals surface area contributed by atoms with Crippen LogP contribution in [0.15, 0.2) is 66.9 Å². The molecule has 3 aromatic rings. The van der Waals surface area contributed by atoms with Gasteiger partial charge in [0.2, 0.25) is 5.91 Å². The molecule has 0 saturated carbocycles. The van der Waals surface area contributed by atoms with Crippen LogP contribution in [0.2, 0.25) is 0 Å². The maximum atomic E-state index is 12.1. The number of benzene rings is 2. The van der Waals surface area contributed by atoms with Gasteiger partial charge >= 0.3 is 6.03 Å². The Morgan fingerprint density at radius 1 is 0.960 bits per heavy atom. The highest BCUT2D eigenvalue weighted by Gasteiger charge is 2.02. The van der Waals surface area contributed by atoms with E-state index in [2.05, 4.69) is 15.6 Å². The summed E-state index contributed by atoms with van der Waals surface area (Å²) in [4.78, 5) is 27.3. The zero-order chi connectivity index (χ0) is 17.6. The van der Waals surface area contributed by atoms with E-state index in [4.69, 9.17) is 5.73 Å². The van der Waals surface area contributed by atoms with Crippen molar-refractivity contribution >= 4 is 40.3 Å². The molecule has 0 aliphatic rings. The zero-order valence-electron chi connectivity index (χ0n) is 13.3. The van der Waals surface area contributed by atoms with Crippen LogP contribution in [0.5, 0.6) is 0 Å². The number of hydrogen-bond donors (Lipinski definition) is 3. The molecule has 25 heavy (non-hydrogen) atoms. The Kier molecular flexibility index (Phi) is 4.71. The fourth-order valence-corrected chi connectivity index (χ4v) is 2.43. The third-order valence-corrected chi connectivity index (χ3v) is 3.48. The largest absolute Gasteiger partial charge is 0.351 e. The maximum absolute atomic E-state index is 12.1. The van der Waals surface area contributed by atoms with Crippen molar-refractivity contribution < 1.29 is 9.59 Å². The second-order valence-corrected chi connectivity index (χ2v) is 5.32. The van der Waals surface area contributed by atoms with Crippen LogP contribution in [0.4, 0.5) is 16.2 Å². The number of pyridine rings is 1. The summed E-state index contributed by atoms with van der Waals surface area (Å²) >= 11 is 0. The number of aromatic nitrogens is 1. The van der Waals surface area contributed by atoms with Gasteiger partial charge < -0.3 is 16.4 Å². The highest BCUT2D eigenvalue weighted by atomic mass is 16.2. The van der Waals surface area contributed by atoms with Gasteiger partial charge in [-0.3, -0.25) is 9.78 Å². The first-order valence-electron chi connectivity index (χ1n) is 7.61. The normalized spacial score (nSPS) is 10.7. The second kappa shape index (κ2) is 7.27. The number of nitrogens with two attached hydrogens (primary N) is 1. The standard InChI is InChI=1S/C19H16N4O2/c20-19(25)23-16-8-2-7-15(12-16)22-17(24)10-9-14-5-1-4-13-6-3-11-21-18(13)14/h1-12H,(H,22,24)(H3,20,23,25)/b10-9+. The van der Waals surface area contributed by atoms with Crippen LogP contribution in [0.25, 0.3) is 17.0 Å². The van der Waals surface area contributed by atoms with Crippen molar-refractivity contribution in [3.8, 4) is 0 Å². The Hall–Kier alpha value is -3.67. The minimum Gasteiger partial charge on any atom is -0.351 e. The molecule has 6 nitrogen and oxygen atoms in total. The molecule has 1 heterocycles. The second-order valence-electron chi connectivity index (χ2n) is 5.32. The number of amides is 3. The molecule has 0 unspecified atom stereocenters. The maximum Gasteiger partial charge on any atom is 0.316 e. The molecule has 2 aromatic carbocycles. The summed E-state index contributed by atoms with van der Waals surface area (Å²) in [6.45, 7) is 0. The third kappa shape index (κ3) is 4.20. The molecule has 124 valence electrons. The van der Waals surface area contributed by atoms with Gasteiger partial charge in [0.25, 0.3) is 0 Å². The van der Waals surface area contributed by atoms with Crippen LogP contribution in [-0.2, 0) is 4.79 Å². The van der Waals surface area contributed by atoms with Gasteiger partial charge in [-0.15, -0.1) is 0 Å². The van der Waals surface area contributed by atoms with E-state index in [1.807, 2.05) is 30.3 Å². The van der Waals surface area contributed by atoms with Gasteiger partial charge in [-0.25, -0.2) is 4.79 Å². The molecule has 3 rings (SSSR count). The van der Waals surface area contributed by atoms with Gasteiger partial charge in [0.15, 0.2) is 0 Å². The molecule has 0 atom stereocenters. The number of carbonyl (C=O) groups excluding carboxylic acids is 2. The average molecular weight is 332 g/mol. The van der Waals surface area contributed by atoms with Gasteiger partial charge in [0.1, 0.15) is 0 Å². The van der Waals surface area contributed by atoms with E-state index in [1.54, 1.807) is 36.5 Å². The van der Waals surface area contributed by atoms with Crippen molar-refractivity contribution in [1.29, 1.82) is 0 Å². The SMILES string of the molecule is NC(=O)Nc1cccc(NC(=O)/C=C/c2cccc3cccnc23)c1. The molecule has 0 aliphatic carbocycles. The van der Waals surface area contributed by atoms with Crippen LogP contribution >= 0.6 is 0 Å². The summed E-state index contributed by atoms with van der Waals surface area (Å²) in [5.74, 6) is -0.288. The van der Waals surface area contributed by atoms with Crippen LogP contribution in [0.1, 0.15) is 5.56 Å². The number of carbonyl (C=O) groups is 2. The van der Waals surface area contributed by atoms with E-state index in [9.17, 15) is 9.59 Å². The lowest BCUT2D eigenvalue weighted by Gasteiger charge is -2.06. The summed E-state index contributed by atoms with van der Waals surface area (Å²) in [5, 5.41) is 6.20. The van der Waals surface area contributed by atoms with Gasteiger partial charge in [-0.2, -0.15) is 0 Å². The van der Waals surface area contributed by atoms with Crippen LogP contribution in [0, 0.1) is 0 Å². The fourth-order valence-electron chi connectivity index (χ4n) is 2.43. The lowest BCUT2D eigenvalue weighted by atomic mass is 10.1. The summed E-state index contributed by atoms with van der Waals surface area (Å²) in [6.07, 6.45) is 4.88. The molecular weight excluding hydrogens is 316 g/mol. The Labute approximate surface area is 144 Å². The number of urea groups is 1. The fraction of sp³-hybridized carbons (Fsp3) is 0. The molecular formula is C19H16N4O2. The van der Waals surface area contributed by atoms with Crippen LogP contribution in [-0.4, -0.2) is 16.9 Å². The molecule has 0 fully saturated rings. The predicted octanol–water partition coefficient (Wildman–Crippen LogP) is 3.38. The third-order valence-electron chi connectivity index (χ3n) is 3.48. The highest BCUT2D eigenvalue weighted by Crippen LogP contribution is 2.18. The molecule has 0 bridgehead atoms. The van der Waals surface area contributed by atoms with Crippen molar-refractivity contribution in [2.75, 3.05) is 10.6 Å². The Bertz CT molecular complexity index is 961. The number of anilines is 2.